The summed E-state index contributed by atoms with van der Waals surface area (Å²) < 4.78 is 0. The summed E-state index contributed by atoms with van der Waals surface area (Å²) in [6.45, 7) is 0. The van der Waals surface area contributed by atoms with Crippen LogP contribution in [0.3, 0.4) is 0 Å². The van der Waals surface area contributed by atoms with Crippen molar-refractivity contribution in [1.82, 2.24) is 5.32 Å². The SMILES string of the molecule is O=C1NC(=O)[C@H]2C3CCC([C@H]4C=C[C@@H]34)[C@@H]12. The van der Waals surface area contributed by atoms with Gasteiger partial charge < -0.3 is 0 Å². The second-order valence-corrected chi connectivity index (χ2v) is 5.35. The minimum Gasteiger partial charge on any atom is -0.296 e. The molecule has 0 spiro atoms. The molecule has 0 aromatic rings. The van der Waals surface area contributed by atoms with Crippen LogP contribution in [0, 0.1) is 35.5 Å². The summed E-state index contributed by atoms with van der Waals surface area (Å²) in [5.41, 5.74) is 0. The summed E-state index contributed by atoms with van der Waals surface area (Å²) in [5.74, 6) is 2.09. The number of rotatable bonds is 0. The molecule has 1 aliphatic heterocycles. The standard InChI is InChI=1S/C12H13NO2/c14-11-9-7-3-4-8(6-2-1-5(6)7)10(9)12(15)13-11/h1-2,5-10H,3-4H2,(H,13,14,15)/t5-,6+,7?,8?,9+,10-. The van der Waals surface area contributed by atoms with Crippen LogP contribution in [0.5, 0.6) is 0 Å². The molecule has 1 saturated heterocycles. The fourth-order valence-electron chi connectivity index (χ4n) is 4.37. The molecule has 5 aliphatic rings. The number of nitrogens with one attached hydrogen (secondary N) is 1. The van der Waals surface area contributed by atoms with Crippen LogP contribution in [0.1, 0.15) is 12.8 Å². The second kappa shape index (κ2) is 2.34. The number of fused-ring (bicyclic) bond motifs is 1. The van der Waals surface area contributed by atoms with Crippen LogP contribution in [-0.4, -0.2) is 11.8 Å². The molecule has 4 fully saturated rings. The van der Waals surface area contributed by atoms with E-state index in [1.807, 2.05) is 0 Å². The van der Waals surface area contributed by atoms with Crippen molar-refractivity contribution in [2.75, 3.05) is 0 Å². The van der Waals surface area contributed by atoms with Crippen molar-refractivity contribution in [2.45, 2.75) is 12.8 Å². The van der Waals surface area contributed by atoms with Gasteiger partial charge in [-0.2, -0.15) is 0 Å². The Morgan fingerprint density at radius 3 is 1.80 bits per heavy atom. The van der Waals surface area contributed by atoms with Gasteiger partial charge in [0, 0.05) is 0 Å². The van der Waals surface area contributed by atoms with Gasteiger partial charge in [-0.25, -0.2) is 0 Å². The summed E-state index contributed by atoms with van der Waals surface area (Å²) in [6, 6.07) is 0. The van der Waals surface area contributed by atoms with E-state index in [2.05, 4.69) is 17.5 Å². The lowest BCUT2D eigenvalue weighted by molar-refractivity contribution is -0.135. The summed E-state index contributed by atoms with van der Waals surface area (Å²) >= 11 is 0. The average Bonchev–Trinajstić information content (AvgIpc) is 2.44. The van der Waals surface area contributed by atoms with Gasteiger partial charge in [0.1, 0.15) is 0 Å². The number of hydrogen-bond donors (Lipinski definition) is 1. The van der Waals surface area contributed by atoms with E-state index in [1.54, 1.807) is 0 Å². The van der Waals surface area contributed by atoms with Gasteiger partial charge in [-0.1, -0.05) is 12.2 Å². The van der Waals surface area contributed by atoms with Crippen LogP contribution in [0.15, 0.2) is 12.2 Å². The molecule has 1 N–H and O–H groups in total. The van der Waals surface area contributed by atoms with Crippen molar-refractivity contribution in [2.24, 2.45) is 35.5 Å². The van der Waals surface area contributed by atoms with Gasteiger partial charge in [0.2, 0.25) is 11.8 Å². The Kier molecular flexibility index (Phi) is 1.26. The number of amides is 2. The molecule has 0 aromatic carbocycles. The zero-order valence-corrected chi connectivity index (χ0v) is 8.35. The Morgan fingerprint density at radius 1 is 0.933 bits per heavy atom. The Labute approximate surface area is 87.9 Å². The molecule has 2 bridgehead atoms. The van der Waals surface area contributed by atoms with Crippen LogP contribution in [0.25, 0.3) is 0 Å². The van der Waals surface area contributed by atoms with Gasteiger partial charge in [-0.3, -0.25) is 14.9 Å². The van der Waals surface area contributed by atoms with Crippen molar-refractivity contribution in [3.05, 3.63) is 12.2 Å². The smallest absolute Gasteiger partial charge is 0.230 e. The first-order valence-electron chi connectivity index (χ1n) is 5.80. The normalized spacial score (nSPS) is 54.7. The molecule has 6 atom stereocenters. The highest BCUT2D eigenvalue weighted by Gasteiger charge is 2.61. The van der Waals surface area contributed by atoms with Crippen molar-refractivity contribution >= 4 is 11.8 Å². The number of carbonyl (C=O) groups is 2. The summed E-state index contributed by atoms with van der Waals surface area (Å²) in [7, 11) is 0. The molecule has 1 heterocycles. The molecule has 0 aromatic heterocycles. The lowest BCUT2D eigenvalue weighted by Gasteiger charge is -2.55. The fraction of sp³-hybridized carbons (Fsp3) is 0.667. The maximum Gasteiger partial charge on any atom is 0.230 e. The molecule has 2 unspecified atom stereocenters. The predicted octanol–water partition coefficient (Wildman–Crippen LogP) is 0.717. The maximum atomic E-state index is 11.7. The molecule has 2 amide bonds. The molecule has 15 heavy (non-hydrogen) atoms. The quantitative estimate of drug-likeness (QED) is 0.465. The van der Waals surface area contributed by atoms with E-state index < -0.39 is 0 Å². The second-order valence-electron chi connectivity index (χ2n) is 5.35. The fourth-order valence-corrected chi connectivity index (χ4v) is 4.37. The van der Waals surface area contributed by atoms with Crippen LogP contribution in [0.4, 0.5) is 0 Å². The van der Waals surface area contributed by atoms with Gasteiger partial charge in [0.15, 0.2) is 0 Å². The molecule has 4 aliphatic carbocycles. The third kappa shape index (κ3) is 0.757. The third-order valence-electron chi connectivity index (χ3n) is 4.98. The molecule has 3 nitrogen and oxygen atoms in total. The Morgan fingerprint density at radius 2 is 1.40 bits per heavy atom. The molecule has 78 valence electrons. The topological polar surface area (TPSA) is 46.2 Å². The summed E-state index contributed by atoms with van der Waals surface area (Å²) in [6.07, 6.45) is 6.76. The Balaban J connectivity index is 1.83. The highest BCUT2D eigenvalue weighted by Crippen LogP contribution is 2.60. The zero-order valence-electron chi connectivity index (χ0n) is 8.35. The number of hydrogen-bond acceptors (Lipinski definition) is 2. The number of imide groups is 1. The van der Waals surface area contributed by atoms with Gasteiger partial charge >= 0.3 is 0 Å². The number of allylic oxidation sites excluding steroid dienone is 2. The molecular weight excluding hydrogens is 190 g/mol. The Bertz CT molecular complexity index is 364. The number of carbonyl (C=O) groups excluding carboxylic acids is 2. The first-order chi connectivity index (χ1) is 7.27. The summed E-state index contributed by atoms with van der Waals surface area (Å²) in [4.78, 5) is 23.5. The first kappa shape index (κ1) is 8.08. The van der Waals surface area contributed by atoms with Gasteiger partial charge in [-0.05, 0) is 36.5 Å². The van der Waals surface area contributed by atoms with Crippen molar-refractivity contribution in [3.8, 4) is 0 Å². The van der Waals surface area contributed by atoms with Gasteiger partial charge in [-0.15, -0.1) is 0 Å². The molecule has 3 heteroatoms. The molecule has 3 saturated carbocycles. The molecule has 5 rings (SSSR count). The first-order valence-corrected chi connectivity index (χ1v) is 5.80. The monoisotopic (exact) mass is 203 g/mol. The van der Waals surface area contributed by atoms with Crippen LogP contribution in [0.2, 0.25) is 0 Å². The van der Waals surface area contributed by atoms with E-state index in [9.17, 15) is 9.59 Å². The van der Waals surface area contributed by atoms with E-state index in [-0.39, 0.29) is 23.7 Å². The predicted molar refractivity (Wildman–Crippen MR) is 52.5 cm³/mol. The lowest BCUT2D eigenvalue weighted by Crippen LogP contribution is -2.53. The summed E-state index contributed by atoms with van der Waals surface area (Å²) in [5, 5.41) is 2.52. The zero-order chi connectivity index (χ0) is 10.2. The van der Waals surface area contributed by atoms with Crippen LogP contribution < -0.4 is 5.32 Å². The minimum absolute atomic E-state index is 0.00144. The minimum atomic E-state index is -0.00144. The van der Waals surface area contributed by atoms with Gasteiger partial charge in [0.05, 0.1) is 11.8 Å². The third-order valence-corrected chi connectivity index (χ3v) is 4.98. The van der Waals surface area contributed by atoms with E-state index in [0.717, 1.165) is 12.8 Å². The lowest BCUT2D eigenvalue weighted by atomic mass is 9.47. The molecular formula is C12H13NO2. The van der Waals surface area contributed by atoms with E-state index >= 15 is 0 Å². The maximum absolute atomic E-state index is 11.7. The van der Waals surface area contributed by atoms with Crippen LogP contribution in [-0.2, 0) is 9.59 Å². The highest BCUT2D eigenvalue weighted by molar-refractivity contribution is 6.05. The average molecular weight is 203 g/mol. The molecule has 0 radical (unpaired) electrons. The van der Waals surface area contributed by atoms with E-state index in [4.69, 9.17) is 0 Å². The highest BCUT2D eigenvalue weighted by atomic mass is 16.2. The van der Waals surface area contributed by atoms with Crippen molar-refractivity contribution < 1.29 is 9.59 Å². The largest absolute Gasteiger partial charge is 0.296 e. The van der Waals surface area contributed by atoms with Gasteiger partial charge in [0.25, 0.3) is 0 Å². The van der Waals surface area contributed by atoms with Crippen LogP contribution >= 0.6 is 0 Å². The van der Waals surface area contributed by atoms with E-state index in [1.165, 1.54) is 0 Å². The Hall–Kier alpha value is -1.12. The van der Waals surface area contributed by atoms with Crippen molar-refractivity contribution in [3.63, 3.8) is 0 Å². The van der Waals surface area contributed by atoms with Crippen molar-refractivity contribution in [1.29, 1.82) is 0 Å². The van der Waals surface area contributed by atoms with E-state index in [0.29, 0.717) is 23.7 Å².